The average molecular weight is 327 g/mol. The molecule has 1 amide bonds. The number of aromatic amines is 1. The van der Waals surface area contributed by atoms with Gasteiger partial charge in [0.25, 0.3) is 5.91 Å². The van der Waals surface area contributed by atoms with Gasteiger partial charge >= 0.3 is 5.69 Å². The summed E-state index contributed by atoms with van der Waals surface area (Å²) in [6.07, 6.45) is 0.747. The van der Waals surface area contributed by atoms with E-state index in [2.05, 4.69) is 15.0 Å². The first-order valence-corrected chi connectivity index (χ1v) is 7.50. The summed E-state index contributed by atoms with van der Waals surface area (Å²) < 4.78 is 6.68. The van der Waals surface area contributed by atoms with Gasteiger partial charge < -0.3 is 15.5 Å². The lowest BCUT2D eigenvalue weighted by atomic mass is 10.2. The van der Waals surface area contributed by atoms with Gasteiger partial charge in [0.15, 0.2) is 17.2 Å². The van der Waals surface area contributed by atoms with Crippen LogP contribution in [0.4, 0.5) is 0 Å². The van der Waals surface area contributed by atoms with E-state index < -0.39 is 5.91 Å². The van der Waals surface area contributed by atoms with Crippen LogP contribution in [0.1, 0.15) is 23.8 Å². The van der Waals surface area contributed by atoms with Gasteiger partial charge in [-0.2, -0.15) is 0 Å². The molecule has 3 rings (SSSR count). The molecule has 0 spiro atoms. The quantitative estimate of drug-likeness (QED) is 0.733. The fraction of sp³-hybridized carbons (Fsp3) is 0.250. The van der Waals surface area contributed by atoms with E-state index >= 15 is 0 Å². The summed E-state index contributed by atoms with van der Waals surface area (Å²) in [6, 6.07) is 7.13. The number of H-pyrrole nitrogens is 1. The molecule has 0 fully saturated rings. The summed E-state index contributed by atoms with van der Waals surface area (Å²) in [5, 5.41) is 0. The summed E-state index contributed by atoms with van der Waals surface area (Å²) >= 11 is 0. The number of rotatable bonds is 5. The van der Waals surface area contributed by atoms with E-state index in [1.54, 1.807) is 31.4 Å². The standard InChI is InChI=1S/C16H17N5O3/c1-3-7-21-15-12(19-16(21)23)11(13(17)22)18-14(20-15)9-5-4-6-10(8-9)24-2/h4-6,8H,3,7H2,1-2H3,(H2,17,22)(H,19,23). The molecule has 2 aromatic heterocycles. The van der Waals surface area contributed by atoms with Crippen LogP contribution in [0.5, 0.6) is 5.75 Å². The predicted molar refractivity (Wildman–Crippen MR) is 88.9 cm³/mol. The highest BCUT2D eigenvalue weighted by Gasteiger charge is 2.19. The van der Waals surface area contributed by atoms with E-state index in [1.165, 1.54) is 4.57 Å². The molecular formula is C16H17N5O3. The SMILES string of the molecule is CCCn1c(=O)[nH]c2c(C(N)=O)nc(-c3cccc(OC)c3)nc21. The molecule has 0 aliphatic heterocycles. The Kier molecular flexibility index (Phi) is 4.03. The molecule has 3 aromatic rings. The van der Waals surface area contributed by atoms with Gasteiger partial charge in [0, 0.05) is 12.1 Å². The van der Waals surface area contributed by atoms with Gasteiger partial charge in [-0.3, -0.25) is 9.36 Å². The number of nitrogens with two attached hydrogens (primary N) is 1. The molecule has 8 nitrogen and oxygen atoms in total. The first kappa shape index (κ1) is 15.7. The number of primary amides is 1. The topological polar surface area (TPSA) is 116 Å². The second-order valence-corrected chi connectivity index (χ2v) is 5.27. The van der Waals surface area contributed by atoms with E-state index in [0.717, 1.165) is 6.42 Å². The van der Waals surface area contributed by atoms with Crippen LogP contribution in [-0.2, 0) is 6.54 Å². The van der Waals surface area contributed by atoms with Gasteiger partial charge in [-0.05, 0) is 18.6 Å². The third-order valence-electron chi connectivity index (χ3n) is 3.63. The van der Waals surface area contributed by atoms with Crippen molar-refractivity contribution in [2.24, 2.45) is 5.73 Å². The largest absolute Gasteiger partial charge is 0.497 e. The number of imidazole rings is 1. The minimum Gasteiger partial charge on any atom is -0.497 e. The average Bonchev–Trinajstić information content (AvgIpc) is 2.90. The van der Waals surface area contributed by atoms with E-state index in [1.807, 2.05) is 6.92 Å². The van der Waals surface area contributed by atoms with Crippen LogP contribution in [0, 0.1) is 0 Å². The van der Waals surface area contributed by atoms with Crippen molar-refractivity contribution in [3.63, 3.8) is 0 Å². The zero-order valence-electron chi connectivity index (χ0n) is 13.4. The number of aryl methyl sites for hydroxylation is 1. The highest BCUT2D eigenvalue weighted by molar-refractivity contribution is 6.01. The summed E-state index contributed by atoms with van der Waals surface area (Å²) in [6.45, 7) is 2.43. The lowest BCUT2D eigenvalue weighted by molar-refractivity contribution is 0.0997. The smallest absolute Gasteiger partial charge is 0.327 e. The van der Waals surface area contributed by atoms with Gasteiger partial charge in [-0.25, -0.2) is 14.8 Å². The van der Waals surface area contributed by atoms with Crippen LogP contribution in [-0.4, -0.2) is 32.5 Å². The number of aromatic nitrogens is 4. The zero-order chi connectivity index (χ0) is 17.3. The number of amides is 1. The van der Waals surface area contributed by atoms with Gasteiger partial charge in [0.1, 0.15) is 11.3 Å². The molecule has 3 N–H and O–H groups in total. The number of carbonyl (C=O) groups excluding carboxylic acids is 1. The number of hydrogen-bond acceptors (Lipinski definition) is 5. The first-order chi connectivity index (χ1) is 11.5. The van der Waals surface area contributed by atoms with Crippen LogP contribution in [0.15, 0.2) is 29.1 Å². The number of benzene rings is 1. The molecule has 0 saturated heterocycles. The number of fused-ring (bicyclic) bond motifs is 1. The zero-order valence-corrected chi connectivity index (χ0v) is 13.4. The fourth-order valence-corrected chi connectivity index (χ4v) is 2.53. The molecule has 0 saturated carbocycles. The number of nitrogens with one attached hydrogen (secondary N) is 1. The molecule has 0 bridgehead atoms. The Morgan fingerprint density at radius 1 is 1.38 bits per heavy atom. The molecule has 24 heavy (non-hydrogen) atoms. The summed E-state index contributed by atoms with van der Waals surface area (Å²) in [7, 11) is 1.56. The Bertz CT molecular complexity index is 973. The molecule has 8 heteroatoms. The second-order valence-electron chi connectivity index (χ2n) is 5.27. The minimum absolute atomic E-state index is 0.00947. The van der Waals surface area contributed by atoms with E-state index in [-0.39, 0.29) is 16.9 Å². The van der Waals surface area contributed by atoms with Crippen LogP contribution >= 0.6 is 0 Å². The van der Waals surface area contributed by atoms with Gasteiger partial charge in [0.05, 0.1) is 7.11 Å². The third-order valence-corrected chi connectivity index (χ3v) is 3.63. The highest BCUT2D eigenvalue weighted by Crippen LogP contribution is 2.23. The lowest BCUT2D eigenvalue weighted by Crippen LogP contribution is -2.16. The van der Waals surface area contributed by atoms with Crippen LogP contribution < -0.4 is 16.2 Å². The maximum absolute atomic E-state index is 12.1. The molecule has 2 heterocycles. The number of carbonyl (C=O) groups is 1. The van der Waals surface area contributed by atoms with Crippen molar-refractivity contribution in [3.05, 3.63) is 40.4 Å². The van der Waals surface area contributed by atoms with Crippen LogP contribution in [0.3, 0.4) is 0 Å². The number of methoxy groups -OCH3 is 1. The second kappa shape index (κ2) is 6.15. The molecule has 0 aliphatic carbocycles. The Morgan fingerprint density at radius 3 is 2.83 bits per heavy atom. The Labute approximate surface area is 137 Å². The van der Waals surface area contributed by atoms with Gasteiger partial charge in [-0.1, -0.05) is 19.1 Å². The number of nitrogens with zero attached hydrogens (tertiary/aromatic N) is 3. The summed E-state index contributed by atoms with van der Waals surface area (Å²) in [5.41, 5.74) is 6.36. The van der Waals surface area contributed by atoms with Crippen LogP contribution in [0.25, 0.3) is 22.6 Å². The third kappa shape index (κ3) is 2.62. The summed E-state index contributed by atoms with van der Waals surface area (Å²) in [4.78, 5) is 35.2. The maximum Gasteiger partial charge on any atom is 0.327 e. The van der Waals surface area contributed by atoms with Crippen molar-refractivity contribution in [2.75, 3.05) is 7.11 Å². The molecule has 0 unspecified atom stereocenters. The van der Waals surface area contributed by atoms with E-state index in [0.29, 0.717) is 29.3 Å². The van der Waals surface area contributed by atoms with Crippen molar-refractivity contribution in [3.8, 4) is 17.1 Å². The van der Waals surface area contributed by atoms with Crippen molar-refractivity contribution in [1.82, 2.24) is 19.5 Å². The molecule has 0 aliphatic rings. The van der Waals surface area contributed by atoms with E-state index in [9.17, 15) is 9.59 Å². The molecular weight excluding hydrogens is 310 g/mol. The Morgan fingerprint density at radius 2 is 2.17 bits per heavy atom. The summed E-state index contributed by atoms with van der Waals surface area (Å²) in [5.74, 6) is 0.215. The number of ether oxygens (including phenoxy) is 1. The molecule has 1 aromatic carbocycles. The van der Waals surface area contributed by atoms with Crippen LogP contribution in [0.2, 0.25) is 0 Å². The van der Waals surface area contributed by atoms with Gasteiger partial charge in [-0.15, -0.1) is 0 Å². The van der Waals surface area contributed by atoms with E-state index in [4.69, 9.17) is 10.5 Å². The Balaban J connectivity index is 2.31. The number of hydrogen-bond donors (Lipinski definition) is 2. The maximum atomic E-state index is 12.1. The minimum atomic E-state index is -0.726. The molecule has 0 atom stereocenters. The fourth-order valence-electron chi connectivity index (χ4n) is 2.53. The lowest BCUT2D eigenvalue weighted by Gasteiger charge is -2.07. The predicted octanol–water partition coefficient (Wildman–Crippen LogP) is 1.30. The molecule has 0 radical (unpaired) electrons. The van der Waals surface area contributed by atoms with Gasteiger partial charge in [0.2, 0.25) is 0 Å². The normalized spacial score (nSPS) is 10.9. The van der Waals surface area contributed by atoms with Crippen molar-refractivity contribution >= 4 is 17.1 Å². The van der Waals surface area contributed by atoms with Crippen molar-refractivity contribution in [1.29, 1.82) is 0 Å². The van der Waals surface area contributed by atoms with Crippen molar-refractivity contribution in [2.45, 2.75) is 19.9 Å². The highest BCUT2D eigenvalue weighted by atomic mass is 16.5. The van der Waals surface area contributed by atoms with Crippen molar-refractivity contribution < 1.29 is 9.53 Å². The first-order valence-electron chi connectivity index (χ1n) is 7.50. The Hall–Kier alpha value is -3.16. The molecule has 124 valence electrons. The monoisotopic (exact) mass is 327 g/mol.